The molecule has 0 bridgehead atoms. The van der Waals surface area contributed by atoms with Gasteiger partial charge in [0, 0.05) is 38.9 Å². The maximum Gasteiger partial charge on any atom is 0.303 e. The molecule has 2 N–H and O–H groups in total. The van der Waals surface area contributed by atoms with E-state index in [-0.39, 0.29) is 59.8 Å². The van der Waals surface area contributed by atoms with E-state index < -0.39 is 6.10 Å². The van der Waals surface area contributed by atoms with Crippen LogP contribution in [0.15, 0.2) is 36.0 Å². The molecule has 4 aliphatic rings. The van der Waals surface area contributed by atoms with Gasteiger partial charge in [-0.15, -0.1) is 0 Å². The number of ether oxygens (including phenoxy) is 4. The van der Waals surface area contributed by atoms with Gasteiger partial charge in [0.2, 0.25) is 11.8 Å². The van der Waals surface area contributed by atoms with Gasteiger partial charge >= 0.3 is 5.97 Å². The highest BCUT2D eigenvalue weighted by atomic mass is 16.6. The van der Waals surface area contributed by atoms with Crippen LogP contribution in [0.1, 0.15) is 79.6 Å². The SMILES string of the molecule is CC(=O)OC(C)C=CC(=O)NC1CC(C)C(CC=C(C)C=CC2CC3(CO3)CC(CC(=O)N3CCCCN3)O2)OC1C. The number of nitrogens with one attached hydrogen (secondary N) is 2. The van der Waals surface area contributed by atoms with Gasteiger partial charge in [0.05, 0.1) is 49.1 Å². The Kier molecular flexibility index (Phi) is 11.4. The highest BCUT2D eigenvalue weighted by molar-refractivity contribution is 5.87. The Morgan fingerprint density at radius 2 is 1.93 bits per heavy atom. The zero-order valence-electron chi connectivity index (χ0n) is 25.8. The summed E-state index contributed by atoms with van der Waals surface area (Å²) in [5.74, 6) is -0.240. The van der Waals surface area contributed by atoms with Gasteiger partial charge in [0.1, 0.15) is 6.10 Å². The Balaban J connectivity index is 1.23. The summed E-state index contributed by atoms with van der Waals surface area (Å²) in [6.07, 6.45) is 14.3. The molecule has 0 aliphatic carbocycles. The number of epoxide rings is 1. The number of esters is 1. The number of amides is 2. The normalized spacial score (nSPS) is 34.5. The average molecular weight is 588 g/mol. The van der Waals surface area contributed by atoms with Gasteiger partial charge in [-0.2, -0.15) is 0 Å². The van der Waals surface area contributed by atoms with Crippen LogP contribution in [0.3, 0.4) is 0 Å². The summed E-state index contributed by atoms with van der Waals surface area (Å²) in [4.78, 5) is 36.2. The quantitative estimate of drug-likeness (QED) is 0.173. The van der Waals surface area contributed by atoms with E-state index in [9.17, 15) is 14.4 Å². The molecule has 234 valence electrons. The van der Waals surface area contributed by atoms with Gasteiger partial charge in [-0.25, -0.2) is 5.43 Å². The van der Waals surface area contributed by atoms with E-state index in [1.807, 2.05) is 6.92 Å². The monoisotopic (exact) mass is 587 g/mol. The zero-order valence-corrected chi connectivity index (χ0v) is 25.8. The number of nitrogens with zero attached hydrogens (tertiary/aromatic N) is 1. The van der Waals surface area contributed by atoms with Crippen LogP contribution in [0.25, 0.3) is 0 Å². The van der Waals surface area contributed by atoms with E-state index >= 15 is 0 Å². The van der Waals surface area contributed by atoms with Crippen molar-refractivity contribution in [3.8, 4) is 0 Å². The third kappa shape index (κ3) is 9.76. The van der Waals surface area contributed by atoms with E-state index in [0.717, 1.165) is 63.8 Å². The van der Waals surface area contributed by atoms with E-state index in [4.69, 9.17) is 18.9 Å². The molecule has 4 aliphatic heterocycles. The van der Waals surface area contributed by atoms with Crippen molar-refractivity contribution in [3.05, 3.63) is 36.0 Å². The third-order valence-electron chi connectivity index (χ3n) is 8.57. The molecule has 0 aromatic rings. The fourth-order valence-corrected chi connectivity index (χ4v) is 6.08. The molecule has 2 amide bonds. The Morgan fingerprint density at radius 3 is 2.62 bits per heavy atom. The second-order valence-electron chi connectivity index (χ2n) is 12.5. The lowest BCUT2D eigenvalue weighted by Crippen LogP contribution is -2.50. The molecule has 8 atom stereocenters. The molecule has 4 rings (SSSR count). The minimum Gasteiger partial charge on any atom is -0.459 e. The van der Waals surface area contributed by atoms with Crippen LogP contribution in [0.5, 0.6) is 0 Å². The zero-order chi connectivity index (χ0) is 30.3. The first-order valence-corrected chi connectivity index (χ1v) is 15.5. The number of carbonyl (C=O) groups is 3. The van der Waals surface area contributed by atoms with Crippen LogP contribution in [-0.4, -0.2) is 84.7 Å². The summed E-state index contributed by atoms with van der Waals surface area (Å²) in [5, 5.41) is 4.77. The van der Waals surface area contributed by atoms with E-state index in [2.05, 4.69) is 42.8 Å². The minimum absolute atomic E-state index is 0.0592. The number of hydrogen-bond acceptors (Lipinski definition) is 8. The summed E-state index contributed by atoms with van der Waals surface area (Å²) < 4.78 is 23.5. The van der Waals surface area contributed by atoms with Crippen molar-refractivity contribution >= 4 is 17.8 Å². The third-order valence-corrected chi connectivity index (χ3v) is 8.57. The lowest BCUT2D eigenvalue weighted by atomic mass is 9.88. The minimum atomic E-state index is -0.457. The van der Waals surface area contributed by atoms with Crippen LogP contribution in [0.4, 0.5) is 0 Å². The summed E-state index contributed by atoms with van der Waals surface area (Å²) in [7, 11) is 0. The van der Waals surface area contributed by atoms with E-state index in [1.54, 1.807) is 18.0 Å². The van der Waals surface area contributed by atoms with E-state index in [1.165, 1.54) is 13.0 Å². The predicted octanol–water partition coefficient (Wildman–Crippen LogP) is 3.52. The lowest BCUT2D eigenvalue weighted by molar-refractivity contribution is -0.144. The number of hydrazine groups is 1. The van der Waals surface area contributed by atoms with Crippen molar-refractivity contribution < 1.29 is 33.3 Å². The van der Waals surface area contributed by atoms with Crippen molar-refractivity contribution in [1.82, 2.24) is 15.8 Å². The highest BCUT2D eigenvalue weighted by Gasteiger charge is 2.51. The summed E-state index contributed by atoms with van der Waals surface area (Å²) >= 11 is 0. The number of rotatable bonds is 10. The van der Waals surface area contributed by atoms with Gasteiger partial charge in [-0.3, -0.25) is 19.4 Å². The highest BCUT2D eigenvalue weighted by Crippen LogP contribution is 2.43. The maximum atomic E-state index is 12.8. The first-order chi connectivity index (χ1) is 20.0. The Morgan fingerprint density at radius 1 is 1.14 bits per heavy atom. The standard InChI is InChI=1S/C32H49N3O7/c1-21(8-11-26-18-32(20-39-32)19-27(42-26)17-31(38)35-15-7-6-14-33-35)9-12-29-22(2)16-28(24(4)41-29)34-30(37)13-10-23(3)40-25(5)36/h8-11,13,22-24,26-29,33H,6-7,12,14-20H2,1-5H3,(H,34,37). The predicted molar refractivity (Wildman–Crippen MR) is 158 cm³/mol. The molecule has 42 heavy (non-hydrogen) atoms. The Labute approximate surface area is 250 Å². The molecule has 8 unspecified atom stereocenters. The second kappa shape index (κ2) is 14.8. The van der Waals surface area contributed by atoms with Crippen LogP contribution in [-0.2, 0) is 33.3 Å². The lowest BCUT2D eigenvalue weighted by Gasteiger charge is -2.39. The molecule has 0 saturated carbocycles. The largest absolute Gasteiger partial charge is 0.459 e. The smallest absolute Gasteiger partial charge is 0.303 e. The number of hydrogen-bond donors (Lipinski definition) is 2. The van der Waals surface area contributed by atoms with Crippen molar-refractivity contribution in [2.45, 2.75) is 122 Å². The average Bonchev–Trinajstić information content (AvgIpc) is 3.69. The van der Waals surface area contributed by atoms with Gasteiger partial charge in [0.25, 0.3) is 0 Å². The molecule has 0 aromatic heterocycles. The van der Waals surface area contributed by atoms with Crippen molar-refractivity contribution in [3.63, 3.8) is 0 Å². The first kappa shape index (κ1) is 32.4. The molecule has 1 spiro atoms. The van der Waals surface area contributed by atoms with Crippen molar-refractivity contribution in [2.75, 3.05) is 19.7 Å². The van der Waals surface area contributed by atoms with Crippen molar-refractivity contribution in [1.29, 1.82) is 0 Å². The van der Waals surface area contributed by atoms with Crippen molar-refractivity contribution in [2.24, 2.45) is 5.92 Å². The van der Waals surface area contributed by atoms with Gasteiger partial charge in [-0.05, 0) is 58.4 Å². The molecule has 4 heterocycles. The van der Waals surface area contributed by atoms with Crippen LogP contribution in [0, 0.1) is 5.92 Å². The topological polar surface area (TPSA) is 119 Å². The fourth-order valence-electron chi connectivity index (χ4n) is 6.08. The first-order valence-electron chi connectivity index (χ1n) is 15.5. The molecule has 4 fully saturated rings. The fraction of sp³-hybridized carbons (Fsp3) is 0.719. The van der Waals surface area contributed by atoms with Crippen LogP contribution in [0.2, 0.25) is 0 Å². The molecule has 10 nitrogen and oxygen atoms in total. The maximum absolute atomic E-state index is 12.8. The molecular weight excluding hydrogens is 538 g/mol. The Bertz CT molecular complexity index is 1050. The van der Waals surface area contributed by atoms with Crippen LogP contribution >= 0.6 is 0 Å². The number of carbonyl (C=O) groups excluding carboxylic acids is 3. The summed E-state index contributed by atoms with van der Waals surface area (Å²) in [6.45, 7) is 11.6. The van der Waals surface area contributed by atoms with Gasteiger partial charge in [0.15, 0.2) is 0 Å². The number of allylic oxidation sites excluding steroid dienone is 2. The summed E-state index contributed by atoms with van der Waals surface area (Å²) in [6, 6.07) is -0.0895. The molecule has 0 radical (unpaired) electrons. The summed E-state index contributed by atoms with van der Waals surface area (Å²) in [5.41, 5.74) is 4.18. The Hall–Kier alpha value is -2.53. The molecule has 4 saturated heterocycles. The molecular formula is C32H49N3O7. The second-order valence-corrected chi connectivity index (χ2v) is 12.5. The van der Waals surface area contributed by atoms with Gasteiger partial charge in [-0.1, -0.05) is 30.7 Å². The van der Waals surface area contributed by atoms with Crippen LogP contribution < -0.4 is 10.7 Å². The molecule has 10 heteroatoms. The van der Waals surface area contributed by atoms with E-state index in [0.29, 0.717) is 6.42 Å². The van der Waals surface area contributed by atoms with Gasteiger partial charge < -0.3 is 24.3 Å². The molecule has 0 aromatic carbocycles.